The number of hydrogen-bond acceptors (Lipinski definition) is 3. The molecule has 3 fully saturated rings. The first kappa shape index (κ1) is 12.9. The molecule has 0 unspecified atom stereocenters. The first-order valence-corrected chi connectivity index (χ1v) is 7.78. The molecule has 3 rings (SSSR count). The molecule has 0 saturated carbocycles. The van der Waals surface area contributed by atoms with Crippen LogP contribution in [-0.4, -0.2) is 74.1 Å². The Labute approximate surface area is 112 Å². The Morgan fingerprint density at radius 1 is 0.778 bits per heavy atom. The molecule has 3 nitrogen and oxygen atoms in total. The second-order valence-electron chi connectivity index (χ2n) is 7.06. The zero-order valence-electron chi connectivity index (χ0n) is 12.2. The van der Waals surface area contributed by atoms with Gasteiger partial charge in [0, 0.05) is 12.6 Å². The van der Waals surface area contributed by atoms with Gasteiger partial charge in [0.25, 0.3) is 0 Å². The lowest BCUT2D eigenvalue weighted by Crippen LogP contribution is -2.49. The summed E-state index contributed by atoms with van der Waals surface area (Å²) in [7, 11) is 4.55. The number of hydrogen-bond donors (Lipinski definition) is 0. The first-order chi connectivity index (χ1) is 8.67. The van der Waals surface area contributed by atoms with Crippen molar-refractivity contribution < 1.29 is 0 Å². The van der Waals surface area contributed by atoms with Gasteiger partial charge in [-0.2, -0.15) is 0 Å². The highest BCUT2D eigenvalue weighted by Crippen LogP contribution is 2.40. The highest BCUT2D eigenvalue weighted by Gasteiger charge is 2.40. The summed E-state index contributed by atoms with van der Waals surface area (Å²) in [6.45, 7) is 8.01. The molecule has 1 spiro atoms. The summed E-state index contributed by atoms with van der Waals surface area (Å²) in [4.78, 5) is 7.82. The maximum atomic E-state index is 2.80. The van der Waals surface area contributed by atoms with Gasteiger partial charge in [0.2, 0.25) is 0 Å². The molecule has 0 aromatic heterocycles. The minimum absolute atomic E-state index is 0.691. The predicted octanol–water partition coefficient (Wildman–Crippen LogP) is 1.50. The van der Waals surface area contributed by atoms with E-state index in [9.17, 15) is 0 Å². The van der Waals surface area contributed by atoms with Crippen molar-refractivity contribution in [2.75, 3.05) is 53.4 Å². The molecule has 3 aliphatic heterocycles. The summed E-state index contributed by atoms with van der Waals surface area (Å²) in [5.74, 6) is 0. The lowest BCUT2D eigenvalue weighted by Gasteiger charge is -2.44. The van der Waals surface area contributed by atoms with Crippen LogP contribution in [0.5, 0.6) is 0 Å². The number of nitrogens with zero attached hydrogens (tertiary/aromatic N) is 3. The van der Waals surface area contributed by atoms with Gasteiger partial charge in [-0.05, 0) is 84.3 Å². The van der Waals surface area contributed by atoms with Crippen LogP contribution in [0.25, 0.3) is 0 Å². The van der Waals surface area contributed by atoms with E-state index in [1.165, 1.54) is 71.4 Å². The number of piperidine rings is 2. The van der Waals surface area contributed by atoms with E-state index in [0.717, 1.165) is 6.04 Å². The van der Waals surface area contributed by atoms with Gasteiger partial charge >= 0.3 is 0 Å². The van der Waals surface area contributed by atoms with Crippen molar-refractivity contribution in [3.05, 3.63) is 0 Å². The fraction of sp³-hybridized carbons (Fsp3) is 1.00. The van der Waals surface area contributed by atoms with Crippen molar-refractivity contribution in [1.29, 1.82) is 0 Å². The summed E-state index contributed by atoms with van der Waals surface area (Å²) in [6, 6.07) is 0.887. The van der Waals surface area contributed by atoms with E-state index in [2.05, 4.69) is 28.8 Å². The second-order valence-corrected chi connectivity index (χ2v) is 7.06. The van der Waals surface area contributed by atoms with Gasteiger partial charge in [0.05, 0.1) is 0 Å². The highest BCUT2D eigenvalue weighted by atomic mass is 15.2. The molecule has 0 bridgehead atoms. The fourth-order valence-electron chi connectivity index (χ4n) is 4.29. The molecule has 0 amide bonds. The molecule has 104 valence electrons. The van der Waals surface area contributed by atoms with Crippen molar-refractivity contribution in [2.24, 2.45) is 5.41 Å². The van der Waals surface area contributed by atoms with Gasteiger partial charge in [0.1, 0.15) is 0 Å². The van der Waals surface area contributed by atoms with Crippen molar-refractivity contribution in [2.45, 2.75) is 38.1 Å². The topological polar surface area (TPSA) is 9.72 Å². The summed E-state index contributed by atoms with van der Waals surface area (Å²) in [6.07, 6.45) is 7.13. The van der Waals surface area contributed by atoms with Crippen LogP contribution in [0, 0.1) is 5.41 Å². The largest absolute Gasteiger partial charge is 0.306 e. The summed E-state index contributed by atoms with van der Waals surface area (Å²) in [5.41, 5.74) is 0.691. The first-order valence-electron chi connectivity index (χ1n) is 7.78. The van der Waals surface area contributed by atoms with Gasteiger partial charge < -0.3 is 14.7 Å². The van der Waals surface area contributed by atoms with Gasteiger partial charge in [-0.1, -0.05) is 0 Å². The van der Waals surface area contributed by atoms with Gasteiger partial charge in [0.15, 0.2) is 0 Å². The molecule has 0 N–H and O–H groups in total. The molecule has 0 radical (unpaired) electrons. The van der Waals surface area contributed by atoms with Gasteiger partial charge in [-0.3, -0.25) is 0 Å². The van der Waals surface area contributed by atoms with Crippen molar-refractivity contribution in [3.8, 4) is 0 Å². The Kier molecular flexibility index (Phi) is 3.65. The molecule has 3 aliphatic rings. The molecule has 3 saturated heterocycles. The molecule has 0 atom stereocenters. The minimum atomic E-state index is 0.691. The van der Waals surface area contributed by atoms with Crippen molar-refractivity contribution >= 4 is 0 Å². The van der Waals surface area contributed by atoms with Crippen LogP contribution in [-0.2, 0) is 0 Å². The molecular formula is C15H29N3. The lowest BCUT2D eigenvalue weighted by molar-refractivity contribution is 0.0515. The van der Waals surface area contributed by atoms with Crippen LogP contribution >= 0.6 is 0 Å². The third-order valence-corrected chi connectivity index (χ3v) is 5.69. The van der Waals surface area contributed by atoms with E-state index in [-0.39, 0.29) is 0 Å². The van der Waals surface area contributed by atoms with Crippen LogP contribution < -0.4 is 0 Å². The van der Waals surface area contributed by atoms with E-state index >= 15 is 0 Å². The maximum Gasteiger partial charge on any atom is 0.0120 e. The Balaban J connectivity index is 1.51. The maximum absolute atomic E-state index is 2.80. The van der Waals surface area contributed by atoms with Crippen LogP contribution in [0.3, 0.4) is 0 Å². The standard InChI is InChI=1S/C15H29N3/c1-16-8-3-14(4-9-16)18-11-6-15(7-12-18)5-10-17(2)13-15/h14H,3-13H2,1-2H3. The Morgan fingerprint density at radius 3 is 1.94 bits per heavy atom. The van der Waals surface area contributed by atoms with E-state index in [1.807, 2.05) is 0 Å². The zero-order valence-corrected chi connectivity index (χ0v) is 12.2. The Hall–Kier alpha value is -0.120. The van der Waals surface area contributed by atoms with Crippen LogP contribution in [0.15, 0.2) is 0 Å². The smallest absolute Gasteiger partial charge is 0.0120 e. The van der Waals surface area contributed by atoms with E-state index in [0.29, 0.717) is 5.41 Å². The predicted molar refractivity (Wildman–Crippen MR) is 75.9 cm³/mol. The second kappa shape index (κ2) is 5.10. The van der Waals surface area contributed by atoms with Crippen molar-refractivity contribution in [3.63, 3.8) is 0 Å². The zero-order chi connectivity index (χ0) is 12.6. The normalized spacial score (nSPS) is 32.3. The fourth-order valence-corrected chi connectivity index (χ4v) is 4.29. The molecular weight excluding hydrogens is 222 g/mol. The van der Waals surface area contributed by atoms with Gasteiger partial charge in [-0.15, -0.1) is 0 Å². The van der Waals surface area contributed by atoms with E-state index < -0.39 is 0 Å². The van der Waals surface area contributed by atoms with Crippen molar-refractivity contribution in [1.82, 2.24) is 14.7 Å². The average molecular weight is 251 g/mol. The molecule has 0 aromatic rings. The highest BCUT2D eigenvalue weighted by molar-refractivity contribution is 4.94. The van der Waals surface area contributed by atoms with E-state index in [1.54, 1.807) is 0 Å². The van der Waals surface area contributed by atoms with Crippen LogP contribution in [0.1, 0.15) is 32.1 Å². The van der Waals surface area contributed by atoms with E-state index in [4.69, 9.17) is 0 Å². The number of likely N-dealkylation sites (tertiary alicyclic amines) is 3. The quantitative estimate of drug-likeness (QED) is 0.699. The minimum Gasteiger partial charge on any atom is -0.306 e. The summed E-state index contributed by atoms with van der Waals surface area (Å²) < 4.78 is 0. The third-order valence-electron chi connectivity index (χ3n) is 5.69. The third kappa shape index (κ3) is 2.59. The number of rotatable bonds is 1. The van der Waals surface area contributed by atoms with Gasteiger partial charge in [-0.25, -0.2) is 0 Å². The molecule has 18 heavy (non-hydrogen) atoms. The molecule has 0 aliphatic carbocycles. The lowest BCUT2D eigenvalue weighted by atomic mass is 9.77. The van der Waals surface area contributed by atoms with Crippen LogP contribution in [0.4, 0.5) is 0 Å². The monoisotopic (exact) mass is 251 g/mol. The molecule has 3 heterocycles. The summed E-state index contributed by atoms with van der Waals surface area (Å²) >= 11 is 0. The Bertz CT molecular complexity index is 275. The van der Waals surface area contributed by atoms with Crippen LogP contribution in [0.2, 0.25) is 0 Å². The SMILES string of the molecule is CN1CCC(N2CCC3(CCN(C)C3)CC2)CC1. The molecule has 3 heteroatoms. The Morgan fingerprint density at radius 2 is 1.39 bits per heavy atom. The summed E-state index contributed by atoms with van der Waals surface area (Å²) in [5, 5.41) is 0. The molecule has 0 aromatic carbocycles. The average Bonchev–Trinajstić information content (AvgIpc) is 2.73.